The highest BCUT2D eigenvalue weighted by molar-refractivity contribution is 7.45. The van der Waals surface area contributed by atoms with Crippen LogP contribution in [0.4, 0.5) is 0 Å². The van der Waals surface area contributed by atoms with Crippen molar-refractivity contribution < 1.29 is 32.9 Å². The van der Waals surface area contributed by atoms with E-state index >= 15 is 0 Å². The number of phosphoric acid groups is 1. The number of likely N-dealkylation sites (N-methyl/N-ethyl adjacent to an activating group) is 1. The number of carbonyl (C=O) groups is 1. The van der Waals surface area contributed by atoms with E-state index in [0.29, 0.717) is 17.4 Å². The fraction of sp³-hybridized carbons (Fsp3) is 0.909. The molecule has 0 aliphatic carbocycles. The van der Waals surface area contributed by atoms with Crippen LogP contribution in [0.1, 0.15) is 271 Å². The second-order valence-electron chi connectivity index (χ2n) is 20.3. The van der Waals surface area contributed by atoms with Crippen LogP contribution in [-0.4, -0.2) is 68.5 Å². The number of aliphatic hydroxyl groups is 1. The van der Waals surface area contributed by atoms with Crippen molar-refractivity contribution in [2.75, 3.05) is 40.9 Å². The van der Waals surface area contributed by atoms with Gasteiger partial charge in [0.15, 0.2) is 0 Å². The molecule has 9 heteroatoms. The Morgan fingerprint density at radius 1 is 0.531 bits per heavy atom. The highest BCUT2D eigenvalue weighted by atomic mass is 31.2. The second kappa shape index (κ2) is 47.1. The van der Waals surface area contributed by atoms with E-state index in [0.717, 1.165) is 38.5 Å². The number of hydrogen-bond acceptors (Lipinski definition) is 6. The largest absolute Gasteiger partial charge is 0.756 e. The molecule has 8 nitrogen and oxygen atoms in total. The van der Waals surface area contributed by atoms with Gasteiger partial charge in [0.1, 0.15) is 13.2 Å². The zero-order chi connectivity index (χ0) is 47.1. The first kappa shape index (κ1) is 63.0. The molecule has 0 rings (SSSR count). The predicted octanol–water partition coefficient (Wildman–Crippen LogP) is 15.8. The fourth-order valence-corrected chi connectivity index (χ4v) is 9.01. The Labute approximate surface area is 398 Å². The monoisotopic (exact) mass is 925 g/mol. The van der Waals surface area contributed by atoms with E-state index < -0.39 is 20.0 Å². The predicted molar refractivity (Wildman–Crippen MR) is 275 cm³/mol. The maximum atomic E-state index is 12.9. The minimum Gasteiger partial charge on any atom is -0.756 e. The van der Waals surface area contributed by atoms with Crippen molar-refractivity contribution in [2.24, 2.45) is 0 Å². The summed E-state index contributed by atoms with van der Waals surface area (Å²) in [5.74, 6) is -0.202. The molecule has 0 aliphatic heterocycles. The van der Waals surface area contributed by atoms with Crippen LogP contribution in [0.3, 0.4) is 0 Å². The van der Waals surface area contributed by atoms with Crippen molar-refractivity contribution in [1.29, 1.82) is 0 Å². The summed E-state index contributed by atoms with van der Waals surface area (Å²) in [6.07, 6.45) is 58.2. The second-order valence-corrected chi connectivity index (χ2v) is 21.7. The number of carbonyl (C=O) groups excluding carboxylic acids is 1. The molecule has 2 N–H and O–H groups in total. The molecule has 0 aliphatic rings. The molecule has 0 fully saturated rings. The molecular weight excluding hydrogens is 816 g/mol. The summed E-state index contributed by atoms with van der Waals surface area (Å²) in [5.41, 5.74) is 0. The summed E-state index contributed by atoms with van der Waals surface area (Å²) in [6, 6.07) is -0.899. The van der Waals surface area contributed by atoms with E-state index in [1.807, 2.05) is 27.2 Å². The number of nitrogens with one attached hydrogen (secondary N) is 1. The number of amides is 1. The smallest absolute Gasteiger partial charge is 0.268 e. The number of unbranched alkanes of at least 4 members (excludes halogenated alkanes) is 36. The lowest BCUT2D eigenvalue weighted by Gasteiger charge is -2.29. The van der Waals surface area contributed by atoms with E-state index in [-0.39, 0.29) is 19.1 Å². The SMILES string of the molecule is CCCCCCCCCCCCCCCCCCCCC/C=C/CC/C=C/C(O)C(COP(=O)([O-])OCC[N+](C)(C)C)NC(=O)CCCCCCCCCCCCCCCCCCC. The first-order valence-electron chi connectivity index (χ1n) is 27.7. The number of allylic oxidation sites excluding steroid dienone is 3. The maximum Gasteiger partial charge on any atom is 0.268 e. The number of quaternary nitrogens is 1. The molecular formula is C55H109N2O6P. The number of phosphoric ester groups is 1. The van der Waals surface area contributed by atoms with E-state index in [1.54, 1.807) is 6.08 Å². The maximum absolute atomic E-state index is 12.9. The van der Waals surface area contributed by atoms with E-state index in [2.05, 4.69) is 31.3 Å². The summed E-state index contributed by atoms with van der Waals surface area (Å²) < 4.78 is 23.3. The standard InChI is InChI=1S/C55H109N2O6P/c1-6-8-10-12-14-16-18-20-22-24-25-26-27-28-29-30-31-33-34-36-38-40-42-44-46-48-54(58)53(52-63-64(60,61)62-51-50-57(3,4)5)56-55(59)49-47-45-43-41-39-37-35-32-23-21-19-17-15-13-11-9-7-2/h38,40,46,48,53-54,58H,6-37,39,41-45,47,49-52H2,1-5H3,(H-,56,59,60,61)/b40-38+,48-46+. The Morgan fingerprint density at radius 3 is 1.27 bits per heavy atom. The van der Waals surface area contributed by atoms with E-state index in [1.165, 1.54) is 212 Å². The first-order valence-corrected chi connectivity index (χ1v) is 29.2. The van der Waals surface area contributed by atoms with Crippen molar-refractivity contribution in [3.05, 3.63) is 24.3 Å². The number of rotatable bonds is 51. The molecule has 64 heavy (non-hydrogen) atoms. The fourth-order valence-electron chi connectivity index (χ4n) is 8.29. The normalized spacial score (nSPS) is 14.2. The third-order valence-electron chi connectivity index (χ3n) is 12.7. The molecule has 0 aromatic rings. The van der Waals surface area contributed by atoms with Gasteiger partial charge in [-0.25, -0.2) is 0 Å². The van der Waals surface area contributed by atoms with Gasteiger partial charge < -0.3 is 28.8 Å². The lowest BCUT2D eigenvalue weighted by Crippen LogP contribution is -2.45. The van der Waals surface area contributed by atoms with E-state index in [9.17, 15) is 19.4 Å². The number of hydrogen-bond donors (Lipinski definition) is 2. The molecule has 0 bridgehead atoms. The summed E-state index contributed by atoms with van der Waals surface area (Å²) in [5, 5.41) is 13.9. The van der Waals surface area contributed by atoms with Crippen LogP contribution in [0.5, 0.6) is 0 Å². The zero-order valence-electron chi connectivity index (χ0n) is 43.3. The lowest BCUT2D eigenvalue weighted by molar-refractivity contribution is -0.870. The summed E-state index contributed by atoms with van der Waals surface area (Å²) in [6.45, 7) is 4.67. The third-order valence-corrected chi connectivity index (χ3v) is 13.6. The third kappa shape index (κ3) is 48.9. The van der Waals surface area contributed by atoms with Crippen molar-refractivity contribution in [1.82, 2.24) is 5.32 Å². The molecule has 1 amide bonds. The van der Waals surface area contributed by atoms with E-state index in [4.69, 9.17) is 9.05 Å². The first-order chi connectivity index (χ1) is 31.0. The van der Waals surface area contributed by atoms with Crippen LogP contribution in [0.2, 0.25) is 0 Å². The van der Waals surface area contributed by atoms with Crippen LogP contribution in [0.15, 0.2) is 24.3 Å². The van der Waals surface area contributed by atoms with Crippen molar-refractivity contribution >= 4 is 13.7 Å². The van der Waals surface area contributed by atoms with Crippen molar-refractivity contribution in [3.63, 3.8) is 0 Å². The average molecular weight is 925 g/mol. The van der Waals surface area contributed by atoms with Crippen molar-refractivity contribution in [2.45, 2.75) is 283 Å². The highest BCUT2D eigenvalue weighted by Crippen LogP contribution is 2.38. The van der Waals surface area contributed by atoms with Crippen LogP contribution in [0.25, 0.3) is 0 Å². The molecule has 0 saturated carbocycles. The Morgan fingerprint density at radius 2 is 0.875 bits per heavy atom. The van der Waals surface area contributed by atoms with Gasteiger partial charge in [0.25, 0.3) is 7.82 Å². The average Bonchev–Trinajstić information content (AvgIpc) is 3.25. The lowest BCUT2D eigenvalue weighted by atomic mass is 10.0. The van der Waals surface area contributed by atoms with Gasteiger partial charge in [0.2, 0.25) is 5.91 Å². The molecule has 0 saturated heterocycles. The van der Waals surface area contributed by atoms with Crippen LogP contribution < -0.4 is 10.2 Å². The van der Waals surface area contributed by atoms with Crippen LogP contribution >= 0.6 is 7.82 Å². The summed E-state index contributed by atoms with van der Waals surface area (Å²) >= 11 is 0. The van der Waals surface area contributed by atoms with Crippen LogP contribution in [0, 0.1) is 0 Å². The van der Waals surface area contributed by atoms with Crippen molar-refractivity contribution in [3.8, 4) is 0 Å². The van der Waals surface area contributed by atoms with Crippen LogP contribution in [-0.2, 0) is 18.4 Å². The van der Waals surface area contributed by atoms with Gasteiger partial charge in [-0.15, -0.1) is 0 Å². The number of aliphatic hydroxyl groups excluding tert-OH is 1. The molecule has 0 radical (unpaired) electrons. The Hall–Kier alpha value is -1.02. The molecule has 0 spiro atoms. The minimum atomic E-state index is -4.60. The molecule has 3 atom stereocenters. The minimum absolute atomic E-state index is 0.00382. The highest BCUT2D eigenvalue weighted by Gasteiger charge is 2.23. The van der Waals surface area contributed by atoms with Gasteiger partial charge >= 0.3 is 0 Å². The van der Waals surface area contributed by atoms with Gasteiger partial charge in [-0.05, 0) is 32.1 Å². The topological polar surface area (TPSA) is 108 Å². The van der Waals surface area contributed by atoms with Gasteiger partial charge in [-0.3, -0.25) is 9.36 Å². The summed E-state index contributed by atoms with van der Waals surface area (Å²) in [4.78, 5) is 25.4. The molecule has 0 aromatic carbocycles. The molecule has 0 heterocycles. The Bertz CT molecular complexity index is 1090. The Kier molecular flexibility index (Phi) is 46.3. The number of nitrogens with zero attached hydrogens (tertiary/aromatic N) is 1. The molecule has 380 valence electrons. The Balaban J connectivity index is 4.25. The summed E-state index contributed by atoms with van der Waals surface area (Å²) in [7, 11) is 1.26. The quantitative estimate of drug-likeness (QED) is 0.0272. The molecule has 3 unspecified atom stereocenters. The molecule has 0 aromatic heterocycles. The van der Waals surface area contributed by atoms with Gasteiger partial charge in [0.05, 0.1) is 39.9 Å². The van der Waals surface area contributed by atoms with Gasteiger partial charge in [-0.1, -0.05) is 256 Å². The van der Waals surface area contributed by atoms with Gasteiger partial charge in [0, 0.05) is 6.42 Å². The zero-order valence-corrected chi connectivity index (χ0v) is 44.1. The van der Waals surface area contributed by atoms with Gasteiger partial charge in [-0.2, -0.15) is 0 Å².